The second-order valence-electron chi connectivity index (χ2n) is 13.0. The molecule has 226 valence electrons. The number of aromatic nitrogens is 1. The Labute approximate surface area is 263 Å². The van der Waals surface area contributed by atoms with Crippen LogP contribution in [-0.4, -0.2) is 28.9 Å². The Balaban J connectivity index is 0.944. The molecule has 0 radical (unpaired) electrons. The van der Waals surface area contributed by atoms with E-state index in [2.05, 4.69) is 64.5 Å². The molecule has 1 unspecified atom stereocenters. The highest BCUT2D eigenvalue weighted by Crippen LogP contribution is 2.40. The third-order valence-corrected chi connectivity index (χ3v) is 10.4. The van der Waals surface area contributed by atoms with E-state index in [1.165, 1.54) is 38.2 Å². The lowest BCUT2D eigenvalue weighted by Crippen LogP contribution is -2.34. The summed E-state index contributed by atoms with van der Waals surface area (Å²) in [5.41, 5.74) is 19.4. The Kier molecular flexibility index (Phi) is 7.02. The highest BCUT2D eigenvalue weighted by atomic mass is 16.3. The first-order valence-corrected chi connectivity index (χ1v) is 16.2. The van der Waals surface area contributed by atoms with Gasteiger partial charge < -0.3 is 15.9 Å². The molecule has 0 spiro atoms. The lowest BCUT2D eigenvalue weighted by Gasteiger charge is -2.32. The Morgan fingerprint density at radius 3 is 2.60 bits per heavy atom. The van der Waals surface area contributed by atoms with Crippen molar-refractivity contribution in [1.29, 1.82) is 0 Å². The molecule has 0 saturated carbocycles. The summed E-state index contributed by atoms with van der Waals surface area (Å²) in [6, 6.07) is 25.8. The predicted molar refractivity (Wildman–Crippen MR) is 181 cm³/mol. The average molecular weight is 595 g/mol. The van der Waals surface area contributed by atoms with Crippen molar-refractivity contribution in [2.24, 2.45) is 11.7 Å². The molecule has 1 saturated heterocycles. The van der Waals surface area contributed by atoms with Crippen LogP contribution in [0.3, 0.4) is 0 Å². The smallest absolute Gasteiger partial charge is 0.250 e. The third kappa shape index (κ3) is 5.03. The van der Waals surface area contributed by atoms with Crippen molar-refractivity contribution in [3.63, 3.8) is 0 Å². The molecule has 8 rings (SSSR count). The van der Waals surface area contributed by atoms with Crippen LogP contribution in [0.1, 0.15) is 63.6 Å². The number of fused-ring (bicyclic) bond motifs is 6. The van der Waals surface area contributed by atoms with Crippen molar-refractivity contribution >= 4 is 44.0 Å². The topological polar surface area (TPSA) is 98.4 Å². The molecule has 1 fully saturated rings. The zero-order valence-corrected chi connectivity index (χ0v) is 25.5. The van der Waals surface area contributed by atoms with Crippen LogP contribution in [0.15, 0.2) is 89.7 Å². The minimum absolute atomic E-state index is 0.449. The first kappa shape index (κ1) is 27.8. The number of nitrogen functional groups attached to an aromatic ring is 1. The molecule has 45 heavy (non-hydrogen) atoms. The number of carbonyl (C=O) groups excluding carboxylic acids is 1. The molecule has 1 aliphatic carbocycles. The highest BCUT2D eigenvalue weighted by molar-refractivity contribution is 6.09. The molecule has 3 heterocycles. The summed E-state index contributed by atoms with van der Waals surface area (Å²) in [6.07, 6.45) is 9.83. The third-order valence-electron chi connectivity index (χ3n) is 10.4. The maximum absolute atomic E-state index is 12.2. The molecule has 1 amide bonds. The van der Waals surface area contributed by atoms with E-state index in [9.17, 15) is 4.79 Å². The van der Waals surface area contributed by atoms with Gasteiger partial charge in [0.2, 0.25) is 0 Å². The highest BCUT2D eigenvalue weighted by Gasteiger charge is 2.28. The number of piperidine rings is 1. The van der Waals surface area contributed by atoms with E-state index in [-0.39, 0.29) is 0 Å². The van der Waals surface area contributed by atoms with Crippen molar-refractivity contribution in [2.75, 3.05) is 18.8 Å². The Bertz CT molecular complexity index is 2070. The molecule has 2 aliphatic rings. The van der Waals surface area contributed by atoms with Crippen molar-refractivity contribution in [3.8, 4) is 0 Å². The first-order chi connectivity index (χ1) is 22.0. The molecule has 4 N–H and O–H groups in total. The van der Waals surface area contributed by atoms with Crippen molar-refractivity contribution < 1.29 is 9.21 Å². The number of nitrogens with two attached hydrogens (primary N) is 2. The first-order valence-electron chi connectivity index (χ1n) is 16.2. The monoisotopic (exact) mass is 594 g/mol. The Morgan fingerprint density at radius 1 is 0.911 bits per heavy atom. The minimum atomic E-state index is -0.465. The van der Waals surface area contributed by atoms with E-state index in [1.807, 2.05) is 24.5 Å². The molecular formula is C39H38N4O2. The summed E-state index contributed by atoms with van der Waals surface area (Å²) in [6.45, 7) is 2.86. The lowest BCUT2D eigenvalue weighted by molar-refractivity contribution is 0.100. The summed E-state index contributed by atoms with van der Waals surface area (Å²) in [7, 11) is 0. The fourth-order valence-electron chi connectivity index (χ4n) is 8.03. The number of aryl methyl sites for hydroxylation is 1. The number of rotatable bonds is 6. The van der Waals surface area contributed by atoms with E-state index in [4.69, 9.17) is 15.9 Å². The standard InChI is InChI=1S/C39H38N4O2/c40-37-28(22-35(39(41)44)38-34(37)6-3-16-42-38)20-24-13-17-43(18-14-24)23-36-31(15-19-45-36)27-8-10-30-26(21-27)9-12-32-29-5-2-1-4-25(29)7-11-33(30)32/h1-7,9,11-12,15-16,19,22,24,27H,8,10,13-14,17-18,20-21,23,40H2,(H2,41,44). The van der Waals surface area contributed by atoms with E-state index in [0.717, 1.165) is 74.9 Å². The number of likely N-dealkylation sites (tertiary alicyclic amines) is 1. The Morgan fingerprint density at radius 2 is 1.73 bits per heavy atom. The van der Waals surface area contributed by atoms with Crippen molar-refractivity contribution in [2.45, 2.75) is 51.0 Å². The van der Waals surface area contributed by atoms with Gasteiger partial charge in [-0.05, 0) is 132 Å². The van der Waals surface area contributed by atoms with E-state index < -0.39 is 5.91 Å². The SMILES string of the molecule is NC(=O)c1cc(CC2CCN(Cc3occc3C3CCc4c(ccc5c4ccc4ccccc45)C3)CC2)c(N)c2cccnc12. The van der Waals surface area contributed by atoms with Crippen molar-refractivity contribution in [1.82, 2.24) is 9.88 Å². The zero-order chi connectivity index (χ0) is 30.5. The second kappa shape index (κ2) is 11.4. The van der Waals surface area contributed by atoms with Crippen LogP contribution in [0, 0.1) is 5.92 Å². The largest absolute Gasteiger partial charge is 0.468 e. The zero-order valence-electron chi connectivity index (χ0n) is 25.5. The van der Waals surface area contributed by atoms with Gasteiger partial charge in [0.25, 0.3) is 5.91 Å². The van der Waals surface area contributed by atoms with Crippen molar-refractivity contribution in [3.05, 3.63) is 119 Å². The van der Waals surface area contributed by atoms with Crippen LogP contribution in [0.5, 0.6) is 0 Å². The van der Waals surface area contributed by atoms with Gasteiger partial charge in [-0.2, -0.15) is 0 Å². The average Bonchev–Trinajstić information content (AvgIpc) is 3.54. The number of carbonyl (C=O) groups is 1. The van der Waals surface area contributed by atoms with Crippen LogP contribution in [0.25, 0.3) is 32.4 Å². The quantitative estimate of drug-likeness (QED) is 0.153. The van der Waals surface area contributed by atoms with Gasteiger partial charge in [0.05, 0.1) is 23.9 Å². The summed E-state index contributed by atoms with van der Waals surface area (Å²) in [4.78, 5) is 19.1. The van der Waals surface area contributed by atoms with E-state index in [1.54, 1.807) is 6.20 Å². The second-order valence-corrected chi connectivity index (χ2v) is 13.0. The predicted octanol–water partition coefficient (Wildman–Crippen LogP) is 7.54. The van der Waals surface area contributed by atoms with Crippen LogP contribution in [0.4, 0.5) is 5.69 Å². The number of furan rings is 1. The number of anilines is 1. The molecular weight excluding hydrogens is 556 g/mol. The number of amides is 1. The van der Waals surface area contributed by atoms with Gasteiger partial charge in [-0.3, -0.25) is 14.7 Å². The van der Waals surface area contributed by atoms with Crippen LogP contribution >= 0.6 is 0 Å². The number of nitrogens with zero attached hydrogens (tertiary/aromatic N) is 2. The maximum Gasteiger partial charge on any atom is 0.250 e. The minimum Gasteiger partial charge on any atom is -0.468 e. The molecule has 1 aliphatic heterocycles. The molecule has 2 aromatic heterocycles. The summed E-state index contributed by atoms with van der Waals surface area (Å²) >= 11 is 0. The molecule has 1 atom stereocenters. The number of hydrogen-bond acceptors (Lipinski definition) is 5. The number of hydrogen-bond donors (Lipinski definition) is 2. The summed E-state index contributed by atoms with van der Waals surface area (Å²) < 4.78 is 6.13. The van der Waals surface area contributed by atoms with Gasteiger partial charge in [-0.1, -0.05) is 48.5 Å². The molecule has 6 heteroatoms. The fourth-order valence-corrected chi connectivity index (χ4v) is 8.03. The van der Waals surface area contributed by atoms with Crippen LogP contribution in [0.2, 0.25) is 0 Å². The number of primary amides is 1. The van der Waals surface area contributed by atoms with Gasteiger partial charge in [0, 0.05) is 17.3 Å². The molecule has 6 aromatic rings. The molecule has 4 aromatic carbocycles. The molecule has 6 nitrogen and oxygen atoms in total. The number of pyridine rings is 1. The Hall–Kier alpha value is -4.68. The van der Waals surface area contributed by atoms with Crippen LogP contribution < -0.4 is 11.5 Å². The molecule has 0 bridgehead atoms. The van der Waals surface area contributed by atoms with E-state index in [0.29, 0.717) is 28.6 Å². The summed E-state index contributed by atoms with van der Waals surface area (Å²) in [5.74, 6) is 1.63. The normalized spacial score (nSPS) is 17.6. The van der Waals surface area contributed by atoms with Gasteiger partial charge in [-0.15, -0.1) is 0 Å². The van der Waals surface area contributed by atoms with E-state index >= 15 is 0 Å². The number of benzene rings is 4. The maximum atomic E-state index is 12.2. The fraction of sp³-hybridized carbons (Fsp3) is 0.282. The van der Waals surface area contributed by atoms with Gasteiger partial charge >= 0.3 is 0 Å². The van der Waals surface area contributed by atoms with Gasteiger partial charge in [0.15, 0.2) is 0 Å². The summed E-state index contributed by atoms with van der Waals surface area (Å²) in [5, 5.41) is 6.23. The van der Waals surface area contributed by atoms with Gasteiger partial charge in [0.1, 0.15) is 5.76 Å². The van der Waals surface area contributed by atoms with Crippen LogP contribution in [-0.2, 0) is 25.8 Å². The lowest BCUT2D eigenvalue weighted by atomic mass is 9.78. The van der Waals surface area contributed by atoms with Gasteiger partial charge in [-0.25, -0.2) is 0 Å².